The fourth-order valence-corrected chi connectivity index (χ4v) is 2.52. The van der Waals surface area contributed by atoms with Crippen LogP contribution in [0.5, 0.6) is 0 Å². The van der Waals surface area contributed by atoms with Gasteiger partial charge in [0, 0.05) is 22.2 Å². The predicted molar refractivity (Wildman–Crippen MR) is 107 cm³/mol. The number of aliphatic hydroxyl groups excluding tert-OH is 1. The van der Waals surface area contributed by atoms with Crippen molar-refractivity contribution < 1.29 is 14.7 Å². The van der Waals surface area contributed by atoms with Gasteiger partial charge in [-0.2, -0.15) is 0 Å². The third-order valence-corrected chi connectivity index (χ3v) is 4.07. The van der Waals surface area contributed by atoms with Gasteiger partial charge in [-0.1, -0.05) is 35.3 Å². The second-order valence-electron chi connectivity index (χ2n) is 5.51. The molecule has 3 N–H and O–H groups in total. The maximum absolute atomic E-state index is 12.8. The van der Waals surface area contributed by atoms with Crippen LogP contribution < -0.4 is 10.6 Å². The van der Waals surface area contributed by atoms with Gasteiger partial charge in [-0.25, -0.2) is 0 Å². The fraction of sp³-hybridized carbons (Fsp3) is 0.222. The highest BCUT2D eigenvalue weighted by molar-refractivity contribution is 6.36. The molecule has 0 aliphatic rings. The second kappa shape index (κ2) is 10.5. The van der Waals surface area contributed by atoms with Gasteiger partial charge in [-0.3, -0.25) is 9.59 Å². The minimum absolute atomic E-state index is 0. The number of halogens is 3. The van der Waals surface area contributed by atoms with Crippen LogP contribution >= 0.6 is 35.6 Å². The van der Waals surface area contributed by atoms with Crippen molar-refractivity contribution in [2.24, 2.45) is 0 Å². The van der Waals surface area contributed by atoms with Crippen LogP contribution in [0.2, 0.25) is 10.0 Å². The Morgan fingerprint density at radius 2 is 1.81 bits per heavy atom. The molecule has 0 aromatic heterocycles. The monoisotopic (exact) mass is 416 g/mol. The number of hydrogen-bond acceptors (Lipinski definition) is 4. The van der Waals surface area contributed by atoms with E-state index in [1.165, 1.54) is 6.07 Å². The molecule has 0 fully saturated rings. The Morgan fingerprint density at radius 3 is 2.46 bits per heavy atom. The summed E-state index contributed by atoms with van der Waals surface area (Å²) in [6, 6.07) is 11.1. The Hall–Kier alpha value is -1.63. The largest absolute Gasteiger partial charge is 0.395 e. The molecule has 1 atom stereocenters. The topological polar surface area (TPSA) is 78.4 Å². The van der Waals surface area contributed by atoms with Gasteiger partial charge in [0.1, 0.15) is 0 Å². The molecule has 8 heteroatoms. The summed E-state index contributed by atoms with van der Waals surface area (Å²) >= 11 is 12.1. The van der Waals surface area contributed by atoms with Gasteiger partial charge in [0.2, 0.25) is 5.91 Å². The molecule has 0 radical (unpaired) electrons. The lowest BCUT2D eigenvalue weighted by molar-refractivity contribution is -0.115. The Kier molecular flexibility index (Phi) is 9.05. The summed E-state index contributed by atoms with van der Waals surface area (Å²) in [7, 11) is 0. The zero-order valence-electron chi connectivity index (χ0n) is 14.0. The highest BCUT2D eigenvalue weighted by atomic mass is 35.5. The number of hydrogen-bond donors (Lipinski definition) is 3. The van der Waals surface area contributed by atoms with Gasteiger partial charge < -0.3 is 15.7 Å². The van der Waals surface area contributed by atoms with Crippen LogP contribution in [0.1, 0.15) is 22.8 Å². The van der Waals surface area contributed by atoms with Crippen molar-refractivity contribution in [1.82, 2.24) is 5.32 Å². The average Bonchev–Trinajstić information content (AvgIpc) is 2.61. The minimum atomic E-state index is -0.337. The smallest absolute Gasteiger partial charge is 0.238 e. The van der Waals surface area contributed by atoms with Crippen molar-refractivity contribution in [2.45, 2.75) is 13.0 Å². The molecule has 2 aromatic carbocycles. The number of amides is 1. The molecule has 0 aliphatic heterocycles. The highest BCUT2D eigenvalue weighted by Gasteiger charge is 2.18. The summed E-state index contributed by atoms with van der Waals surface area (Å²) < 4.78 is 0. The van der Waals surface area contributed by atoms with E-state index in [4.69, 9.17) is 28.3 Å². The maximum atomic E-state index is 12.8. The Bertz CT molecular complexity index is 784. The highest BCUT2D eigenvalue weighted by Crippen LogP contribution is 2.26. The van der Waals surface area contributed by atoms with Crippen molar-refractivity contribution >= 4 is 53.0 Å². The molecular weight excluding hydrogens is 399 g/mol. The number of benzene rings is 2. The molecule has 1 unspecified atom stereocenters. The van der Waals surface area contributed by atoms with Crippen molar-refractivity contribution in [3.8, 4) is 0 Å². The van der Waals surface area contributed by atoms with E-state index < -0.39 is 0 Å². The second-order valence-corrected chi connectivity index (χ2v) is 6.36. The number of carbonyl (C=O) groups excluding carboxylic acids is 2. The summed E-state index contributed by atoms with van der Waals surface area (Å²) in [4.78, 5) is 24.9. The summed E-state index contributed by atoms with van der Waals surface area (Å²) in [6.45, 7) is 1.68. The molecule has 5 nitrogen and oxygen atoms in total. The molecule has 0 saturated heterocycles. The van der Waals surface area contributed by atoms with E-state index in [0.717, 1.165) is 0 Å². The van der Waals surface area contributed by atoms with Crippen LogP contribution in [-0.4, -0.2) is 36.0 Å². The van der Waals surface area contributed by atoms with Gasteiger partial charge >= 0.3 is 0 Å². The minimum Gasteiger partial charge on any atom is -0.395 e. The number of nitrogens with one attached hydrogen (secondary N) is 2. The molecule has 26 heavy (non-hydrogen) atoms. The molecule has 1 amide bonds. The van der Waals surface area contributed by atoms with E-state index in [2.05, 4.69) is 10.6 Å². The first-order chi connectivity index (χ1) is 11.9. The summed E-state index contributed by atoms with van der Waals surface area (Å²) in [5.41, 5.74) is 0.927. The van der Waals surface area contributed by atoms with Gasteiger partial charge in [-0.05, 0) is 37.3 Å². The first-order valence-corrected chi connectivity index (χ1v) is 8.41. The maximum Gasteiger partial charge on any atom is 0.238 e. The molecule has 0 saturated carbocycles. The zero-order valence-corrected chi connectivity index (χ0v) is 16.3. The Labute approximate surface area is 168 Å². The summed E-state index contributed by atoms with van der Waals surface area (Å²) in [5, 5.41) is 15.2. The molecule has 0 heterocycles. The number of anilines is 1. The van der Waals surface area contributed by atoms with E-state index >= 15 is 0 Å². The first kappa shape index (κ1) is 22.4. The van der Waals surface area contributed by atoms with E-state index in [0.29, 0.717) is 21.3 Å². The van der Waals surface area contributed by atoms with Gasteiger partial charge in [0.15, 0.2) is 5.78 Å². The molecule has 2 aromatic rings. The quantitative estimate of drug-likeness (QED) is 0.602. The number of aliphatic hydroxyl groups is 1. The first-order valence-electron chi connectivity index (χ1n) is 7.65. The molecular formula is C18H19Cl3N2O3. The fourth-order valence-electron chi connectivity index (χ4n) is 2.13. The van der Waals surface area contributed by atoms with Gasteiger partial charge in [0.05, 0.1) is 23.9 Å². The van der Waals surface area contributed by atoms with Gasteiger partial charge in [-0.15, -0.1) is 12.4 Å². The third-order valence-electron chi connectivity index (χ3n) is 3.50. The van der Waals surface area contributed by atoms with Crippen molar-refractivity contribution in [1.29, 1.82) is 0 Å². The van der Waals surface area contributed by atoms with E-state index in [9.17, 15) is 9.59 Å². The van der Waals surface area contributed by atoms with Crippen LogP contribution in [0.15, 0.2) is 42.5 Å². The third kappa shape index (κ3) is 5.97. The van der Waals surface area contributed by atoms with E-state index in [-0.39, 0.29) is 48.9 Å². The number of rotatable bonds is 7. The molecule has 0 spiro atoms. The van der Waals surface area contributed by atoms with Crippen molar-refractivity contribution in [3.63, 3.8) is 0 Å². The summed E-state index contributed by atoms with van der Waals surface area (Å²) in [6.07, 6.45) is 0. The van der Waals surface area contributed by atoms with Crippen LogP contribution in [0.25, 0.3) is 0 Å². The lowest BCUT2D eigenvalue weighted by Crippen LogP contribution is -2.36. The van der Waals surface area contributed by atoms with Crippen molar-refractivity contribution in [2.75, 3.05) is 18.5 Å². The molecule has 0 aliphatic carbocycles. The van der Waals surface area contributed by atoms with E-state index in [1.54, 1.807) is 43.3 Å². The van der Waals surface area contributed by atoms with Crippen LogP contribution in [0.4, 0.5) is 5.69 Å². The lowest BCUT2D eigenvalue weighted by Gasteiger charge is -2.14. The lowest BCUT2D eigenvalue weighted by atomic mass is 10.0. The Morgan fingerprint density at radius 1 is 1.12 bits per heavy atom. The van der Waals surface area contributed by atoms with Crippen molar-refractivity contribution in [3.05, 3.63) is 63.6 Å². The zero-order chi connectivity index (χ0) is 18.4. The van der Waals surface area contributed by atoms with Gasteiger partial charge in [0.25, 0.3) is 0 Å². The summed E-state index contributed by atoms with van der Waals surface area (Å²) in [5.74, 6) is -0.670. The van der Waals surface area contributed by atoms with E-state index in [1.807, 2.05) is 0 Å². The SMILES string of the molecule is CC(CO)NCC(=O)Nc1ccc(Cl)cc1C(=O)c1ccccc1Cl.Cl. The number of ketones is 1. The molecule has 0 bridgehead atoms. The molecule has 2 rings (SSSR count). The standard InChI is InChI=1S/C18H18Cl2N2O3.ClH/c1-11(10-23)21-9-17(24)22-16-7-6-12(19)8-14(16)18(25)13-4-2-3-5-15(13)20;/h2-8,11,21,23H,9-10H2,1H3,(H,22,24);1H. The molecule has 140 valence electrons. The van der Waals surface area contributed by atoms with Crippen LogP contribution in [0, 0.1) is 0 Å². The Balaban J connectivity index is 0.00000338. The van der Waals surface area contributed by atoms with Crippen LogP contribution in [-0.2, 0) is 4.79 Å². The average molecular weight is 418 g/mol. The normalized spacial score (nSPS) is 11.4. The van der Waals surface area contributed by atoms with Crippen LogP contribution in [0.3, 0.4) is 0 Å². The number of carbonyl (C=O) groups is 2. The predicted octanol–water partition coefficient (Wildman–Crippen LogP) is 3.56.